The third-order valence-electron chi connectivity index (χ3n) is 5.31. The van der Waals surface area contributed by atoms with Crippen LogP contribution in [0.2, 0.25) is 0 Å². The molecule has 1 aliphatic carbocycles. The Labute approximate surface area is 164 Å². The molecular weight excluding hydrogens is 344 g/mol. The van der Waals surface area contributed by atoms with Gasteiger partial charge in [0.15, 0.2) is 5.75 Å². The van der Waals surface area contributed by atoms with E-state index in [4.69, 9.17) is 4.74 Å². The molecular formula is C26H19O2. The number of hydrogen-bond donors (Lipinski definition) is 0. The third kappa shape index (κ3) is 3.14. The molecule has 5 rings (SSSR count). The average molecular weight is 363 g/mol. The quantitative estimate of drug-likeness (QED) is 0.351. The first-order valence-corrected chi connectivity index (χ1v) is 9.47. The molecule has 0 spiro atoms. The van der Waals surface area contributed by atoms with Gasteiger partial charge in [0.1, 0.15) is 12.4 Å². The van der Waals surface area contributed by atoms with Crippen LogP contribution in [0.3, 0.4) is 0 Å². The van der Waals surface area contributed by atoms with Crippen molar-refractivity contribution in [2.75, 3.05) is 0 Å². The van der Waals surface area contributed by atoms with Crippen molar-refractivity contribution in [3.63, 3.8) is 0 Å². The van der Waals surface area contributed by atoms with Gasteiger partial charge in [0.05, 0.1) is 0 Å². The average Bonchev–Trinajstić information content (AvgIpc) is 3.11. The van der Waals surface area contributed by atoms with Gasteiger partial charge >= 0.3 is 0 Å². The van der Waals surface area contributed by atoms with E-state index in [9.17, 15) is 5.11 Å². The Balaban J connectivity index is 1.28. The van der Waals surface area contributed by atoms with Gasteiger partial charge in [-0.15, -0.1) is 0 Å². The van der Waals surface area contributed by atoms with E-state index in [0.717, 1.165) is 28.9 Å². The first-order valence-electron chi connectivity index (χ1n) is 9.47. The second-order valence-corrected chi connectivity index (χ2v) is 7.16. The van der Waals surface area contributed by atoms with Crippen LogP contribution in [0.25, 0.3) is 22.3 Å². The Morgan fingerprint density at radius 2 is 1.36 bits per heavy atom. The minimum absolute atomic E-state index is 0.0335. The van der Waals surface area contributed by atoms with Crippen LogP contribution < -0.4 is 4.74 Å². The molecule has 1 radical (unpaired) electrons. The van der Waals surface area contributed by atoms with Gasteiger partial charge in [0.2, 0.25) is 0 Å². The molecule has 0 unspecified atom stereocenters. The fourth-order valence-electron chi connectivity index (χ4n) is 3.82. The molecule has 28 heavy (non-hydrogen) atoms. The number of fused-ring (bicyclic) bond motifs is 3. The molecule has 4 aromatic rings. The molecule has 2 nitrogen and oxygen atoms in total. The predicted molar refractivity (Wildman–Crippen MR) is 111 cm³/mol. The van der Waals surface area contributed by atoms with Gasteiger partial charge in [-0.2, -0.15) is 0 Å². The topological polar surface area (TPSA) is 29.1 Å². The zero-order valence-corrected chi connectivity index (χ0v) is 15.4. The lowest BCUT2D eigenvalue weighted by Crippen LogP contribution is -1.96. The van der Waals surface area contributed by atoms with Crippen LogP contribution in [0.1, 0.15) is 16.7 Å². The first kappa shape index (κ1) is 16.6. The molecule has 0 fully saturated rings. The molecule has 4 aromatic carbocycles. The highest BCUT2D eigenvalue weighted by Crippen LogP contribution is 2.38. The summed E-state index contributed by atoms with van der Waals surface area (Å²) in [5.74, 6) is 0.938. The molecule has 1 aliphatic rings. The SMILES string of the molecule is [O]c1ccc(-c2ccc(COc3ccc4c(c3)Cc3ccccc3-4)cc2)cc1. The molecule has 0 amide bonds. The number of ether oxygens (including phenoxy) is 1. The summed E-state index contributed by atoms with van der Waals surface area (Å²) < 4.78 is 6.04. The summed E-state index contributed by atoms with van der Waals surface area (Å²) in [6.45, 7) is 0.533. The number of benzene rings is 4. The van der Waals surface area contributed by atoms with E-state index in [2.05, 4.69) is 66.7 Å². The van der Waals surface area contributed by atoms with Crippen LogP contribution in [-0.2, 0) is 18.1 Å². The van der Waals surface area contributed by atoms with E-state index in [-0.39, 0.29) is 5.75 Å². The Morgan fingerprint density at radius 3 is 2.14 bits per heavy atom. The summed E-state index contributed by atoms with van der Waals surface area (Å²) in [6, 6.07) is 30.1. The fourth-order valence-corrected chi connectivity index (χ4v) is 3.82. The number of hydrogen-bond acceptors (Lipinski definition) is 1. The van der Waals surface area contributed by atoms with Crippen molar-refractivity contribution in [1.29, 1.82) is 0 Å². The van der Waals surface area contributed by atoms with Crippen molar-refractivity contribution < 1.29 is 9.84 Å². The van der Waals surface area contributed by atoms with Crippen molar-refractivity contribution in [3.8, 4) is 33.8 Å². The Bertz CT molecular complexity index is 1130. The summed E-state index contributed by atoms with van der Waals surface area (Å²) in [7, 11) is 0. The first-order chi connectivity index (χ1) is 13.8. The summed E-state index contributed by atoms with van der Waals surface area (Å²) in [5, 5.41) is 11.2. The summed E-state index contributed by atoms with van der Waals surface area (Å²) >= 11 is 0. The lowest BCUT2D eigenvalue weighted by Gasteiger charge is -2.09. The molecule has 0 aromatic heterocycles. The molecule has 0 heterocycles. The van der Waals surface area contributed by atoms with Gasteiger partial charge in [0.25, 0.3) is 0 Å². The standard InChI is InChI=1S/C26H19O2/c27-23-11-9-20(10-12-23)19-7-5-18(6-8-19)17-28-24-13-14-26-22(16-24)15-21-3-1-2-4-25(21)26/h1-14,16H,15,17H2. The maximum absolute atomic E-state index is 11.2. The smallest absolute Gasteiger partial charge is 0.178 e. The third-order valence-corrected chi connectivity index (χ3v) is 5.31. The van der Waals surface area contributed by atoms with E-state index >= 15 is 0 Å². The lowest BCUT2D eigenvalue weighted by molar-refractivity contribution is 0.306. The van der Waals surface area contributed by atoms with Crippen LogP contribution in [0.4, 0.5) is 0 Å². The van der Waals surface area contributed by atoms with Crippen LogP contribution >= 0.6 is 0 Å². The molecule has 0 bridgehead atoms. The van der Waals surface area contributed by atoms with E-state index < -0.39 is 0 Å². The van der Waals surface area contributed by atoms with Crippen molar-refractivity contribution in [2.24, 2.45) is 0 Å². The zero-order valence-electron chi connectivity index (χ0n) is 15.4. The van der Waals surface area contributed by atoms with E-state index in [1.54, 1.807) is 12.1 Å². The minimum Gasteiger partial charge on any atom is -0.489 e. The van der Waals surface area contributed by atoms with Crippen molar-refractivity contribution in [2.45, 2.75) is 13.0 Å². The molecule has 0 saturated heterocycles. The van der Waals surface area contributed by atoms with E-state index in [0.29, 0.717) is 6.61 Å². The van der Waals surface area contributed by atoms with Crippen molar-refractivity contribution >= 4 is 0 Å². The highest BCUT2D eigenvalue weighted by atomic mass is 16.5. The summed E-state index contributed by atoms with van der Waals surface area (Å²) in [6.07, 6.45) is 0.972. The second kappa shape index (κ2) is 6.90. The van der Waals surface area contributed by atoms with Gasteiger partial charge in [-0.3, -0.25) is 5.11 Å². The van der Waals surface area contributed by atoms with E-state index in [1.165, 1.54) is 22.3 Å². The zero-order chi connectivity index (χ0) is 18.9. The van der Waals surface area contributed by atoms with Crippen LogP contribution in [0.15, 0.2) is 91.0 Å². The second-order valence-electron chi connectivity index (χ2n) is 7.16. The van der Waals surface area contributed by atoms with Crippen molar-refractivity contribution in [3.05, 3.63) is 108 Å². The maximum atomic E-state index is 11.2. The molecule has 0 saturated carbocycles. The van der Waals surface area contributed by atoms with Gasteiger partial charge in [-0.1, -0.05) is 66.7 Å². The lowest BCUT2D eigenvalue weighted by atomic mass is 10.0. The van der Waals surface area contributed by atoms with Gasteiger partial charge in [-0.25, -0.2) is 0 Å². The van der Waals surface area contributed by atoms with Gasteiger partial charge in [0, 0.05) is 0 Å². The Kier molecular flexibility index (Phi) is 4.10. The molecule has 135 valence electrons. The minimum atomic E-state index is 0.0335. The highest BCUT2D eigenvalue weighted by Gasteiger charge is 2.18. The van der Waals surface area contributed by atoms with E-state index in [1.807, 2.05) is 12.1 Å². The highest BCUT2D eigenvalue weighted by molar-refractivity contribution is 5.77. The number of rotatable bonds is 4. The normalized spacial score (nSPS) is 11.7. The summed E-state index contributed by atoms with van der Waals surface area (Å²) in [5.41, 5.74) is 8.63. The molecule has 0 N–H and O–H groups in total. The van der Waals surface area contributed by atoms with Crippen LogP contribution in [0, 0.1) is 0 Å². The van der Waals surface area contributed by atoms with Gasteiger partial charge < -0.3 is 4.74 Å². The molecule has 2 heteroatoms. The van der Waals surface area contributed by atoms with Crippen LogP contribution in [0.5, 0.6) is 11.5 Å². The molecule has 0 atom stereocenters. The Morgan fingerprint density at radius 1 is 0.679 bits per heavy atom. The van der Waals surface area contributed by atoms with Gasteiger partial charge in [-0.05, 0) is 69.6 Å². The monoisotopic (exact) mass is 363 g/mol. The molecule has 0 aliphatic heterocycles. The largest absolute Gasteiger partial charge is 0.489 e. The predicted octanol–water partition coefficient (Wildman–Crippen LogP) is 6.65. The van der Waals surface area contributed by atoms with Crippen LogP contribution in [-0.4, -0.2) is 0 Å². The maximum Gasteiger partial charge on any atom is 0.178 e. The Hall–Kier alpha value is -3.52. The van der Waals surface area contributed by atoms with Crippen molar-refractivity contribution in [1.82, 2.24) is 0 Å². The summed E-state index contributed by atoms with van der Waals surface area (Å²) in [4.78, 5) is 0. The fraction of sp³-hybridized carbons (Fsp3) is 0.0769.